The summed E-state index contributed by atoms with van der Waals surface area (Å²) in [4.78, 5) is 0. The Morgan fingerprint density at radius 3 is 2.50 bits per heavy atom. The van der Waals surface area contributed by atoms with E-state index in [9.17, 15) is 0 Å². The van der Waals surface area contributed by atoms with Crippen molar-refractivity contribution in [3.63, 3.8) is 0 Å². The summed E-state index contributed by atoms with van der Waals surface area (Å²) >= 11 is 10.4. The first-order valence-corrected chi connectivity index (χ1v) is 7.06. The molecule has 1 aromatic carbocycles. The Hall–Kier alpha value is 0.460. The minimum absolute atomic E-state index is 0.0519. The number of ether oxygens (including phenoxy) is 1. The molecule has 14 heavy (non-hydrogen) atoms. The van der Waals surface area contributed by atoms with Gasteiger partial charge in [0.15, 0.2) is 0 Å². The van der Waals surface area contributed by atoms with E-state index in [-0.39, 0.29) is 5.60 Å². The van der Waals surface area contributed by atoms with Gasteiger partial charge in [-0.3, -0.25) is 0 Å². The molecule has 0 aliphatic heterocycles. The van der Waals surface area contributed by atoms with Crippen LogP contribution < -0.4 is 4.74 Å². The van der Waals surface area contributed by atoms with Crippen molar-refractivity contribution in [1.29, 1.82) is 0 Å². The van der Waals surface area contributed by atoms with Crippen molar-refractivity contribution in [2.24, 2.45) is 0 Å². The van der Waals surface area contributed by atoms with Crippen LogP contribution in [0, 0.1) is 0 Å². The molecule has 0 spiro atoms. The second kappa shape index (κ2) is 4.14. The van der Waals surface area contributed by atoms with E-state index in [0.29, 0.717) is 0 Å². The second-order valence-corrected chi connectivity index (χ2v) is 5.82. The molecule has 0 bridgehead atoms. The Labute approximate surface area is 109 Å². The third-order valence-corrected chi connectivity index (χ3v) is 4.41. The molecule has 0 N–H and O–H groups in total. The highest BCUT2D eigenvalue weighted by atomic mass is 79.9. The van der Waals surface area contributed by atoms with Gasteiger partial charge >= 0.3 is 0 Å². The molecule has 1 saturated carbocycles. The summed E-state index contributed by atoms with van der Waals surface area (Å²) in [5.41, 5.74) is 0.0519. The summed E-state index contributed by atoms with van der Waals surface area (Å²) in [5, 5.41) is 0.905. The van der Waals surface area contributed by atoms with E-state index in [1.165, 1.54) is 0 Å². The maximum Gasteiger partial charge on any atom is 0.134 e. The SMILES string of the molecule is BrCC1(Oc2ccc(Br)cc2Br)CC1. The standard InChI is InChI=1S/C10H9Br3O/c11-6-10(3-4-10)14-9-2-1-7(12)5-8(9)13/h1-2,5H,3-4,6H2. The van der Waals surface area contributed by atoms with Gasteiger partial charge in [-0.2, -0.15) is 0 Å². The fraction of sp³-hybridized carbons (Fsp3) is 0.400. The molecular formula is C10H9Br3O. The minimum Gasteiger partial charge on any atom is -0.485 e. The Morgan fingerprint density at radius 2 is 2.00 bits per heavy atom. The van der Waals surface area contributed by atoms with Crippen LogP contribution in [0.25, 0.3) is 0 Å². The van der Waals surface area contributed by atoms with Crippen molar-refractivity contribution < 1.29 is 4.74 Å². The van der Waals surface area contributed by atoms with Gasteiger partial charge in [0, 0.05) is 9.80 Å². The maximum atomic E-state index is 5.93. The lowest BCUT2D eigenvalue weighted by Gasteiger charge is -2.16. The topological polar surface area (TPSA) is 9.23 Å². The molecule has 0 radical (unpaired) electrons. The van der Waals surface area contributed by atoms with E-state index in [1.807, 2.05) is 18.2 Å². The molecule has 0 heterocycles. The molecule has 0 unspecified atom stereocenters. The highest BCUT2D eigenvalue weighted by Crippen LogP contribution is 2.43. The summed E-state index contributed by atoms with van der Waals surface area (Å²) in [5.74, 6) is 0.921. The Bertz CT molecular complexity index is 347. The summed E-state index contributed by atoms with van der Waals surface area (Å²) in [6.07, 6.45) is 2.28. The van der Waals surface area contributed by atoms with Gasteiger partial charge in [0.25, 0.3) is 0 Å². The maximum absolute atomic E-state index is 5.93. The van der Waals surface area contributed by atoms with Gasteiger partial charge in [-0.05, 0) is 47.0 Å². The first kappa shape index (κ1) is 11.0. The van der Waals surface area contributed by atoms with Gasteiger partial charge in [0.1, 0.15) is 11.4 Å². The molecule has 0 saturated heterocycles. The van der Waals surface area contributed by atoms with Crippen molar-refractivity contribution in [2.75, 3.05) is 5.33 Å². The summed E-state index contributed by atoms with van der Waals surface area (Å²) in [6, 6.07) is 5.97. The number of hydrogen-bond donors (Lipinski definition) is 0. The quantitative estimate of drug-likeness (QED) is 0.696. The molecule has 1 aromatic rings. The van der Waals surface area contributed by atoms with E-state index < -0.39 is 0 Å². The van der Waals surface area contributed by atoms with Crippen LogP contribution in [-0.4, -0.2) is 10.9 Å². The van der Waals surface area contributed by atoms with E-state index in [0.717, 1.165) is 32.9 Å². The lowest BCUT2D eigenvalue weighted by Crippen LogP contribution is -2.19. The van der Waals surface area contributed by atoms with E-state index in [1.54, 1.807) is 0 Å². The molecule has 4 heteroatoms. The second-order valence-electron chi connectivity index (χ2n) is 3.49. The predicted molar refractivity (Wildman–Crippen MR) is 68.2 cm³/mol. The fourth-order valence-corrected chi connectivity index (χ4v) is 3.00. The van der Waals surface area contributed by atoms with Crippen molar-refractivity contribution in [2.45, 2.75) is 18.4 Å². The van der Waals surface area contributed by atoms with Crippen LogP contribution in [0.1, 0.15) is 12.8 Å². The number of hydrogen-bond acceptors (Lipinski definition) is 1. The fourth-order valence-electron chi connectivity index (χ4n) is 1.19. The molecule has 1 aliphatic carbocycles. The first-order valence-electron chi connectivity index (χ1n) is 4.35. The third-order valence-electron chi connectivity index (χ3n) is 2.27. The average molecular weight is 385 g/mol. The van der Waals surface area contributed by atoms with Crippen LogP contribution in [0.2, 0.25) is 0 Å². The largest absolute Gasteiger partial charge is 0.485 e. The molecule has 76 valence electrons. The lowest BCUT2D eigenvalue weighted by atomic mass is 10.3. The number of rotatable bonds is 3. The summed E-state index contributed by atoms with van der Waals surface area (Å²) in [7, 11) is 0. The van der Waals surface area contributed by atoms with Crippen LogP contribution in [0.3, 0.4) is 0 Å². The average Bonchev–Trinajstić information content (AvgIpc) is 2.91. The molecule has 0 atom stereocenters. The normalized spacial score (nSPS) is 17.9. The van der Waals surface area contributed by atoms with E-state index in [4.69, 9.17) is 4.74 Å². The van der Waals surface area contributed by atoms with E-state index >= 15 is 0 Å². The molecule has 1 nitrogen and oxygen atoms in total. The van der Waals surface area contributed by atoms with Gasteiger partial charge in [-0.1, -0.05) is 31.9 Å². The highest BCUT2D eigenvalue weighted by molar-refractivity contribution is 9.11. The van der Waals surface area contributed by atoms with Gasteiger partial charge in [-0.25, -0.2) is 0 Å². The Morgan fingerprint density at radius 1 is 1.29 bits per heavy atom. The molecular weight excluding hydrogens is 376 g/mol. The number of benzene rings is 1. The zero-order valence-corrected chi connectivity index (χ0v) is 12.2. The number of halogens is 3. The lowest BCUT2D eigenvalue weighted by molar-refractivity contribution is 0.205. The Balaban J connectivity index is 2.17. The van der Waals surface area contributed by atoms with Gasteiger partial charge in [-0.15, -0.1) is 0 Å². The van der Waals surface area contributed by atoms with Crippen molar-refractivity contribution in [1.82, 2.24) is 0 Å². The molecule has 1 fully saturated rings. The first-order chi connectivity index (χ1) is 6.65. The van der Waals surface area contributed by atoms with Crippen molar-refractivity contribution in [3.05, 3.63) is 27.1 Å². The highest BCUT2D eigenvalue weighted by Gasteiger charge is 2.44. The van der Waals surface area contributed by atoms with E-state index in [2.05, 4.69) is 47.8 Å². The van der Waals surface area contributed by atoms with Crippen LogP contribution in [0.5, 0.6) is 5.75 Å². The molecule has 0 amide bonds. The molecule has 2 rings (SSSR count). The van der Waals surface area contributed by atoms with Gasteiger partial charge in [0.2, 0.25) is 0 Å². The third kappa shape index (κ3) is 2.34. The molecule has 1 aliphatic rings. The van der Waals surface area contributed by atoms with Crippen LogP contribution in [0.4, 0.5) is 0 Å². The summed E-state index contributed by atoms with van der Waals surface area (Å²) in [6.45, 7) is 0. The summed E-state index contributed by atoms with van der Waals surface area (Å²) < 4.78 is 7.99. The van der Waals surface area contributed by atoms with Crippen molar-refractivity contribution in [3.8, 4) is 5.75 Å². The molecule has 0 aromatic heterocycles. The number of alkyl halides is 1. The van der Waals surface area contributed by atoms with Gasteiger partial charge < -0.3 is 4.74 Å². The monoisotopic (exact) mass is 382 g/mol. The zero-order chi connectivity index (χ0) is 10.2. The van der Waals surface area contributed by atoms with Gasteiger partial charge in [0.05, 0.1) is 4.47 Å². The Kier molecular flexibility index (Phi) is 3.24. The predicted octanol–water partition coefficient (Wildman–Crippen LogP) is 4.52. The van der Waals surface area contributed by atoms with Crippen LogP contribution in [0.15, 0.2) is 27.1 Å². The van der Waals surface area contributed by atoms with Crippen LogP contribution >= 0.6 is 47.8 Å². The van der Waals surface area contributed by atoms with Crippen molar-refractivity contribution >= 4 is 47.8 Å². The van der Waals surface area contributed by atoms with Crippen LogP contribution in [-0.2, 0) is 0 Å². The smallest absolute Gasteiger partial charge is 0.134 e. The zero-order valence-electron chi connectivity index (χ0n) is 7.40. The minimum atomic E-state index is 0.0519.